The topological polar surface area (TPSA) is 66.5 Å². The van der Waals surface area contributed by atoms with Gasteiger partial charge in [0.15, 0.2) is 0 Å². The third-order valence-electron chi connectivity index (χ3n) is 5.29. The standard InChI is InChI=1S/C22H27FN2O3S/c1-29(27,28)24-21-9-5-2-6-18(21)16-22(26)25(20-7-3-4-8-20)15-14-17-10-12-19(23)13-11-17/h2,5-6,9-13,20,24H,3-4,7-8,14-16H2,1H3. The molecule has 1 aliphatic rings. The molecule has 0 saturated heterocycles. The number of halogens is 1. The van der Waals surface area contributed by atoms with E-state index >= 15 is 0 Å². The molecule has 0 radical (unpaired) electrons. The molecule has 1 N–H and O–H groups in total. The molecule has 1 saturated carbocycles. The quantitative estimate of drug-likeness (QED) is 0.710. The van der Waals surface area contributed by atoms with Crippen LogP contribution in [0.2, 0.25) is 0 Å². The van der Waals surface area contributed by atoms with Crippen LogP contribution >= 0.6 is 0 Å². The van der Waals surface area contributed by atoms with E-state index in [9.17, 15) is 17.6 Å². The van der Waals surface area contributed by atoms with Crippen LogP contribution in [0.5, 0.6) is 0 Å². The van der Waals surface area contributed by atoms with Crippen molar-refractivity contribution in [3.63, 3.8) is 0 Å². The van der Waals surface area contributed by atoms with Gasteiger partial charge in [0.25, 0.3) is 0 Å². The Kier molecular flexibility index (Phi) is 6.90. The highest BCUT2D eigenvalue weighted by Gasteiger charge is 2.27. The van der Waals surface area contributed by atoms with Crippen molar-refractivity contribution in [2.75, 3.05) is 17.5 Å². The summed E-state index contributed by atoms with van der Waals surface area (Å²) in [7, 11) is -3.43. The number of nitrogens with one attached hydrogen (secondary N) is 1. The summed E-state index contributed by atoms with van der Waals surface area (Å²) in [6.07, 6.45) is 6.08. The van der Waals surface area contributed by atoms with Crippen LogP contribution < -0.4 is 4.72 Å². The van der Waals surface area contributed by atoms with E-state index < -0.39 is 10.0 Å². The number of amides is 1. The number of anilines is 1. The average Bonchev–Trinajstić information content (AvgIpc) is 3.18. The second-order valence-corrected chi connectivity index (χ2v) is 9.36. The van der Waals surface area contributed by atoms with Crippen LogP contribution in [0.1, 0.15) is 36.8 Å². The van der Waals surface area contributed by atoms with E-state index in [2.05, 4.69) is 4.72 Å². The Bertz CT molecular complexity index is 939. The Morgan fingerprint density at radius 3 is 2.41 bits per heavy atom. The predicted octanol–water partition coefficient (Wildman–Crippen LogP) is 3.75. The molecule has 0 aromatic heterocycles. The smallest absolute Gasteiger partial charge is 0.229 e. The monoisotopic (exact) mass is 418 g/mol. The van der Waals surface area contributed by atoms with Gasteiger partial charge in [0.2, 0.25) is 15.9 Å². The summed E-state index contributed by atoms with van der Waals surface area (Å²) in [6.45, 7) is 0.566. The summed E-state index contributed by atoms with van der Waals surface area (Å²) < 4.78 is 38.9. The first-order valence-corrected chi connectivity index (χ1v) is 11.8. The summed E-state index contributed by atoms with van der Waals surface area (Å²) in [5.74, 6) is -0.283. The molecule has 29 heavy (non-hydrogen) atoms. The number of carbonyl (C=O) groups excluding carboxylic acids is 1. The lowest BCUT2D eigenvalue weighted by Gasteiger charge is -2.29. The first-order valence-electron chi connectivity index (χ1n) is 9.91. The van der Waals surface area contributed by atoms with Gasteiger partial charge in [-0.05, 0) is 48.6 Å². The first-order chi connectivity index (χ1) is 13.8. The highest BCUT2D eigenvalue weighted by atomic mass is 32.2. The van der Waals surface area contributed by atoms with Gasteiger partial charge in [0.05, 0.1) is 18.4 Å². The maximum Gasteiger partial charge on any atom is 0.229 e. The lowest BCUT2D eigenvalue weighted by atomic mass is 10.1. The van der Waals surface area contributed by atoms with E-state index in [0.29, 0.717) is 24.2 Å². The van der Waals surface area contributed by atoms with E-state index in [-0.39, 0.29) is 24.2 Å². The van der Waals surface area contributed by atoms with Crippen LogP contribution in [0, 0.1) is 5.82 Å². The van der Waals surface area contributed by atoms with E-state index in [0.717, 1.165) is 37.5 Å². The first kappa shape index (κ1) is 21.3. The fourth-order valence-corrected chi connectivity index (χ4v) is 4.46. The van der Waals surface area contributed by atoms with Gasteiger partial charge in [0.1, 0.15) is 5.82 Å². The van der Waals surface area contributed by atoms with Gasteiger partial charge in [-0.2, -0.15) is 0 Å². The number of rotatable bonds is 8. The number of hydrogen-bond donors (Lipinski definition) is 1. The zero-order valence-electron chi connectivity index (χ0n) is 16.6. The summed E-state index contributed by atoms with van der Waals surface area (Å²) in [4.78, 5) is 15.1. The van der Waals surface area contributed by atoms with Crippen molar-refractivity contribution >= 4 is 21.6 Å². The maximum atomic E-state index is 13.2. The van der Waals surface area contributed by atoms with Crippen molar-refractivity contribution in [1.29, 1.82) is 0 Å². The normalized spacial score (nSPS) is 14.7. The van der Waals surface area contributed by atoms with Gasteiger partial charge in [-0.3, -0.25) is 9.52 Å². The number of carbonyl (C=O) groups is 1. The average molecular weight is 419 g/mol. The Morgan fingerprint density at radius 2 is 1.76 bits per heavy atom. The number of nitrogens with zero attached hydrogens (tertiary/aromatic N) is 1. The summed E-state index contributed by atoms with van der Waals surface area (Å²) in [6, 6.07) is 13.6. The molecule has 0 atom stereocenters. The Labute approximate surface area is 172 Å². The van der Waals surface area contributed by atoms with Gasteiger partial charge in [0, 0.05) is 12.6 Å². The molecule has 1 fully saturated rings. The van der Waals surface area contributed by atoms with Crippen molar-refractivity contribution < 1.29 is 17.6 Å². The number of hydrogen-bond acceptors (Lipinski definition) is 3. The van der Waals surface area contributed by atoms with Crippen molar-refractivity contribution in [2.24, 2.45) is 0 Å². The Hall–Kier alpha value is -2.41. The highest BCUT2D eigenvalue weighted by molar-refractivity contribution is 7.92. The molecule has 3 rings (SSSR count). The van der Waals surface area contributed by atoms with Crippen LogP contribution in [0.25, 0.3) is 0 Å². The van der Waals surface area contributed by atoms with E-state index in [4.69, 9.17) is 0 Å². The third-order valence-corrected chi connectivity index (χ3v) is 5.89. The second-order valence-electron chi connectivity index (χ2n) is 7.61. The van der Waals surface area contributed by atoms with Crippen LogP contribution in [-0.2, 0) is 27.7 Å². The largest absolute Gasteiger partial charge is 0.339 e. The molecule has 0 bridgehead atoms. The van der Waals surface area contributed by atoms with E-state index in [1.54, 1.807) is 36.4 Å². The molecule has 5 nitrogen and oxygen atoms in total. The van der Waals surface area contributed by atoms with E-state index in [1.165, 1.54) is 12.1 Å². The lowest BCUT2D eigenvalue weighted by molar-refractivity contribution is -0.132. The van der Waals surface area contributed by atoms with Crippen molar-refractivity contribution in [2.45, 2.75) is 44.6 Å². The minimum Gasteiger partial charge on any atom is -0.339 e. The summed E-state index contributed by atoms with van der Waals surface area (Å²) in [5, 5.41) is 0. The minimum atomic E-state index is -3.43. The molecule has 7 heteroatoms. The SMILES string of the molecule is CS(=O)(=O)Nc1ccccc1CC(=O)N(CCc1ccc(F)cc1)C1CCCC1. The van der Waals surface area contributed by atoms with Crippen molar-refractivity contribution in [1.82, 2.24) is 4.90 Å². The second kappa shape index (κ2) is 9.39. The molecular formula is C22H27FN2O3S. The number of para-hydroxylation sites is 1. The maximum absolute atomic E-state index is 13.2. The van der Waals surface area contributed by atoms with E-state index in [1.807, 2.05) is 4.90 Å². The van der Waals surface area contributed by atoms with Crippen LogP contribution in [0.3, 0.4) is 0 Å². The van der Waals surface area contributed by atoms with Crippen molar-refractivity contribution in [3.05, 3.63) is 65.5 Å². The Balaban J connectivity index is 1.74. The third kappa shape index (κ3) is 6.29. The minimum absolute atomic E-state index is 0.0123. The predicted molar refractivity (Wildman–Crippen MR) is 113 cm³/mol. The lowest BCUT2D eigenvalue weighted by Crippen LogP contribution is -2.41. The van der Waals surface area contributed by atoms with Gasteiger partial charge in [-0.1, -0.05) is 43.2 Å². The zero-order chi connectivity index (χ0) is 20.9. The zero-order valence-corrected chi connectivity index (χ0v) is 17.4. The highest BCUT2D eigenvalue weighted by Crippen LogP contribution is 2.26. The molecule has 2 aromatic carbocycles. The molecule has 2 aromatic rings. The number of sulfonamides is 1. The van der Waals surface area contributed by atoms with Gasteiger partial charge in [-0.25, -0.2) is 12.8 Å². The van der Waals surface area contributed by atoms with Crippen LogP contribution in [-0.4, -0.2) is 38.1 Å². The van der Waals surface area contributed by atoms with Gasteiger partial charge < -0.3 is 4.90 Å². The molecule has 156 valence electrons. The fraction of sp³-hybridized carbons (Fsp3) is 0.409. The Morgan fingerprint density at radius 1 is 1.10 bits per heavy atom. The van der Waals surface area contributed by atoms with Crippen LogP contribution in [0.15, 0.2) is 48.5 Å². The molecule has 0 spiro atoms. The number of benzene rings is 2. The molecule has 0 aliphatic heterocycles. The van der Waals surface area contributed by atoms with Crippen molar-refractivity contribution in [3.8, 4) is 0 Å². The molecular weight excluding hydrogens is 391 g/mol. The summed E-state index contributed by atoms with van der Waals surface area (Å²) in [5.41, 5.74) is 2.09. The molecule has 1 amide bonds. The molecule has 0 unspecified atom stereocenters. The summed E-state index contributed by atoms with van der Waals surface area (Å²) >= 11 is 0. The molecule has 0 heterocycles. The van der Waals surface area contributed by atoms with Gasteiger partial charge >= 0.3 is 0 Å². The fourth-order valence-electron chi connectivity index (χ4n) is 3.87. The van der Waals surface area contributed by atoms with Gasteiger partial charge in [-0.15, -0.1) is 0 Å². The molecule has 1 aliphatic carbocycles. The van der Waals surface area contributed by atoms with Crippen LogP contribution in [0.4, 0.5) is 10.1 Å².